The zero-order valence-corrected chi connectivity index (χ0v) is 9.79. The summed E-state index contributed by atoms with van der Waals surface area (Å²) >= 11 is 0. The first-order chi connectivity index (χ1) is 8.19. The SMILES string of the molecule is CCOC(=O)C(N=O)C(C)=Nc1ccccc1. The summed E-state index contributed by atoms with van der Waals surface area (Å²) in [5, 5.41) is 2.75. The lowest BCUT2D eigenvalue weighted by atomic mass is 10.2. The van der Waals surface area contributed by atoms with Crippen molar-refractivity contribution in [1.82, 2.24) is 0 Å². The van der Waals surface area contributed by atoms with Crippen molar-refractivity contribution in [3.8, 4) is 0 Å². The molecule has 1 atom stereocenters. The summed E-state index contributed by atoms with van der Waals surface area (Å²) in [7, 11) is 0. The Kier molecular flexibility index (Phi) is 5.00. The number of nitroso groups, excluding NO2 is 1. The average Bonchev–Trinajstić information content (AvgIpc) is 2.31. The van der Waals surface area contributed by atoms with Crippen LogP contribution in [0.4, 0.5) is 5.69 Å². The van der Waals surface area contributed by atoms with Crippen molar-refractivity contribution in [1.29, 1.82) is 0 Å². The van der Waals surface area contributed by atoms with Crippen molar-refractivity contribution in [2.45, 2.75) is 19.9 Å². The fourth-order valence-corrected chi connectivity index (χ4v) is 1.28. The number of nitrogens with zero attached hydrogens (tertiary/aromatic N) is 2. The first-order valence-electron chi connectivity index (χ1n) is 5.28. The van der Waals surface area contributed by atoms with Gasteiger partial charge < -0.3 is 4.74 Å². The molecule has 0 saturated carbocycles. The van der Waals surface area contributed by atoms with Crippen LogP contribution in [0.15, 0.2) is 40.5 Å². The zero-order chi connectivity index (χ0) is 12.7. The van der Waals surface area contributed by atoms with Gasteiger partial charge in [-0.3, -0.25) is 4.99 Å². The number of esters is 1. The molecule has 17 heavy (non-hydrogen) atoms. The second-order valence-electron chi connectivity index (χ2n) is 3.35. The number of hydrogen-bond donors (Lipinski definition) is 0. The largest absolute Gasteiger partial charge is 0.464 e. The third-order valence-corrected chi connectivity index (χ3v) is 2.07. The predicted molar refractivity (Wildman–Crippen MR) is 65.4 cm³/mol. The number of carbonyl (C=O) groups excluding carboxylic acids is 1. The van der Waals surface area contributed by atoms with Crippen molar-refractivity contribution in [3.05, 3.63) is 35.2 Å². The minimum absolute atomic E-state index is 0.212. The molecular weight excluding hydrogens is 220 g/mol. The molecule has 0 aliphatic rings. The van der Waals surface area contributed by atoms with Gasteiger partial charge in [-0.05, 0) is 31.2 Å². The molecule has 90 valence electrons. The van der Waals surface area contributed by atoms with Crippen LogP contribution in [0.1, 0.15) is 13.8 Å². The van der Waals surface area contributed by atoms with E-state index in [4.69, 9.17) is 4.74 Å². The molecule has 5 heteroatoms. The summed E-state index contributed by atoms with van der Waals surface area (Å²) in [6, 6.07) is 7.87. The molecule has 0 spiro atoms. The third kappa shape index (κ3) is 3.79. The molecule has 1 unspecified atom stereocenters. The molecule has 0 saturated heterocycles. The van der Waals surface area contributed by atoms with Gasteiger partial charge in [0, 0.05) is 0 Å². The van der Waals surface area contributed by atoms with Gasteiger partial charge in [0.05, 0.1) is 18.0 Å². The molecule has 0 aliphatic carbocycles. The highest BCUT2D eigenvalue weighted by Gasteiger charge is 2.23. The van der Waals surface area contributed by atoms with Crippen LogP contribution in [0.3, 0.4) is 0 Å². The lowest BCUT2D eigenvalue weighted by molar-refractivity contribution is -0.142. The third-order valence-electron chi connectivity index (χ3n) is 2.07. The van der Waals surface area contributed by atoms with E-state index in [-0.39, 0.29) is 6.61 Å². The number of carbonyl (C=O) groups is 1. The number of hydrogen-bond acceptors (Lipinski definition) is 5. The summed E-state index contributed by atoms with van der Waals surface area (Å²) in [6.07, 6.45) is 0. The van der Waals surface area contributed by atoms with E-state index in [2.05, 4.69) is 10.2 Å². The maximum absolute atomic E-state index is 11.4. The molecule has 1 aromatic carbocycles. The average molecular weight is 234 g/mol. The van der Waals surface area contributed by atoms with E-state index in [1.54, 1.807) is 26.0 Å². The summed E-state index contributed by atoms with van der Waals surface area (Å²) in [6.45, 7) is 3.46. The second kappa shape index (κ2) is 6.52. The molecule has 0 aliphatic heterocycles. The van der Waals surface area contributed by atoms with Gasteiger partial charge in [-0.15, -0.1) is 4.91 Å². The monoisotopic (exact) mass is 234 g/mol. The normalized spacial score (nSPS) is 12.9. The summed E-state index contributed by atoms with van der Waals surface area (Å²) in [5.74, 6) is -0.667. The molecule has 0 heterocycles. The first-order valence-corrected chi connectivity index (χ1v) is 5.28. The highest BCUT2D eigenvalue weighted by atomic mass is 16.5. The van der Waals surface area contributed by atoms with Crippen molar-refractivity contribution in [2.75, 3.05) is 6.61 Å². The van der Waals surface area contributed by atoms with E-state index >= 15 is 0 Å². The molecule has 1 aromatic rings. The minimum Gasteiger partial charge on any atom is -0.464 e. The Balaban J connectivity index is 2.86. The first kappa shape index (κ1) is 13.0. The van der Waals surface area contributed by atoms with Crippen LogP contribution < -0.4 is 0 Å². The highest BCUT2D eigenvalue weighted by molar-refractivity contribution is 6.06. The lowest BCUT2D eigenvalue weighted by Crippen LogP contribution is -2.28. The Morgan fingerprint density at radius 2 is 2.00 bits per heavy atom. The van der Waals surface area contributed by atoms with Crippen molar-refractivity contribution in [3.63, 3.8) is 0 Å². The molecule has 5 nitrogen and oxygen atoms in total. The number of benzene rings is 1. The molecule has 0 radical (unpaired) electrons. The predicted octanol–water partition coefficient (Wildman–Crippen LogP) is 2.48. The van der Waals surface area contributed by atoms with Crippen molar-refractivity contribution < 1.29 is 9.53 Å². The van der Waals surface area contributed by atoms with E-state index in [1.165, 1.54) is 0 Å². The van der Waals surface area contributed by atoms with Crippen LogP contribution in [-0.4, -0.2) is 24.3 Å². The van der Waals surface area contributed by atoms with Crippen LogP contribution in [0, 0.1) is 4.91 Å². The van der Waals surface area contributed by atoms with Gasteiger partial charge in [0.1, 0.15) is 0 Å². The van der Waals surface area contributed by atoms with Crippen molar-refractivity contribution >= 4 is 17.4 Å². The fraction of sp³-hybridized carbons (Fsp3) is 0.333. The molecule has 0 amide bonds. The Hall–Kier alpha value is -2.04. The molecule has 1 rings (SSSR count). The van der Waals surface area contributed by atoms with Crippen molar-refractivity contribution in [2.24, 2.45) is 10.2 Å². The van der Waals surface area contributed by atoms with Crippen LogP contribution in [0.2, 0.25) is 0 Å². The maximum Gasteiger partial charge on any atom is 0.340 e. The quantitative estimate of drug-likeness (QED) is 0.446. The lowest BCUT2D eigenvalue weighted by Gasteiger charge is -2.07. The van der Waals surface area contributed by atoms with E-state index in [9.17, 15) is 9.70 Å². The van der Waals surface area contributed by atoms with Gasteiger partial charge in [0.15, 0.2) is 0 Å². The van der Waals surface area contributed by atoms with Crippen LogP contribution in [-0.2, 0) is 9.53 Å². The number of rotatable bonds is 5. The fourth-order valence-electron chi connectivity index (χ4n) is 1.28. The van der Waals surface area contributed by atoms with E-state index < -0.39 is 12.0 Å². The van der Waals surface area contributed by atoms with Gasteiger partial charge in [0.2, 0.25) is 6.04 Å². The Labute approximate surface area is 99.5 Å². The molecular formula is C12H14N2O3. The Bertz CT molecular complexity index is 415. The van der Waals surface area contributed by atoms with E-state index in [1.807, 2.05) is 18.2 Å². The summed E-state index contributed by atoms with van der Waals surface area (Å²) in [5.41, 5.74) is 0.993. The van der Waals surface area contributed by atoms with Crippen LogP contribution in [0.25, 0.3) is 0 Å². The van der Waals surface area contributed by atoms with E-state index in [0.717, 1.165) is 0 Å². The van der Waals surface area contributed by atoms with Crippen LogP contribution >= 0.6 is 0 Å². The smallest absolute Gasteiger partial charge is 0.340 e. The minimum atomic E-state index is -1.17. The number of aliphatic imine (C=N–C) groups is 1. The van der Waals surface area contributed by atoms with Crippen LogP contribution in [0.5, 0.6) is 0 Å². The van der Waals surface area contributed by atoms with Gasteiger partial charge in [-0.1, -0.05) is 18.2 Å². The standard InChI is InChI=1S/C12H14N2O3/c1-3-17-12(15)11(14-16)9(2)13-10-7-5-4-6-8-10/h4-8,11H,3H2,1-2H3. The molecule has 0 aromatic heterocycles. The van der Waals surface area contributed by atoms with Gasteiger partial charge >= 0.3 is 5.97 Å². The zero-order valence-electron chi connectivity index (χ0n) is 9.79. The number of ether oxygens (including phenoxy) is 1. The summed E-state index contributed by atoms with van der Waals surface area (Å²) in [4.78, 5) is 26.2. The maximum atomic E-state index is 11.4. The Morgan fingerprint density at radius 3 is 2.53 bits per heavy atom. The van der Waals surface area contributed by atoms with Gasteiger partial charge in [0.25, 0.3) is 0 Å². The van der Waals surface area contributed by atoms with E-state index in [0.29, 0.717) is 11.4 Å². The Morgan fingerprint density at radius 1 is 1.35 bits per heavy atom. The molecule has 0 fully saturated rings. The highest BCUT2D eigenvalue weighted by Crippen LogP contribution is 2.12. The molecule has 0 bridgehead atoms. The second-order valence-corrected chi connectivity index (χ2v) is 3.35. The topological polar surface area (TPSA) is 68.1 Å². The molecule has 0 N–H and O–H groups in total. The van der Waals surface area contributed by atoms with Gasteiger partial charge in [-0.25, -0.2) is 4.79 Å². The van der Waals surface area contributed by atoms with Gasteiger partial charge in [-0.2, -0.15) is 0 Å². The number of para-hydroxylation sites is 1. The summed E-state index contributed by atoms with van der Waals surface area (Å²) < 4.78 is 4.74.